The van der Waals surface area contributed by atoms with Gasteiger partial charge in [-0.1, -0.05) is 74.5 Å². The first-order valence-corrected chi connectivity index (χ1v) is 17.1. The van der Waals surface area contributed by atoms with Gasteiger partial charge in [0, 0.05) is 50.4 Å². The van der Waals surface area contributed by atoms with E-state index in [1.54, 1.807) is 15.9 Å². The van der Waals surface area contributed by atoms with Crippen molar-refractivity contribution in [3.05, 3.63) is 78.0 Å². The highest BCUT2D eigenvalue weighted by Crippen LogP contribution is 2.53. The highest BCUT2D eigenvalue weighted by molar-refractivity contribution is 5.97. The largest absolute Gasteiger partial charge is 0.466 e. The number of fused-ring (bicyclic) bond motifs is 1. The topological polar surface area (TPSA) is 134 Å². The Kier molecular flexibility index (Phi) is 10.1. The van der Waals surface area contributed by atoms with Crippen LogP contribution in [-0.4, -0.2) is 95.1 Å². The highest BCUT2D eigenvalue weighted by atomic mass is 16.6. The molecule has 3 fully saturated rings. The predicted molar refractivity (Wildman–Crippen MR) is 182 cm³/mol. The molecule has 0 spiro atoms. The van der Waals surface area contributed by atoms with E-state index in [1.807, 2.05) is 88.4 Å². The second-order valence-electron chi connectivity index (χ2n) is 13.4. The van der Waals surface area contributed by atoms with Gasteiger partial charge in [0.2, 0.25) is 5.91 Å². The summed E-state index contributed by atoms with van der Waals surface area (Å²) in [4.78, 5) is 67.8. The number of hydrogen-bond acceptors (Lipinski definition) is 9. The molecule has 0 radical (unpaired) electrons. The van der Waals surface area contributed by atoms with E-state index >= 15 is 0 Å². The fraction of sp³-hybridized carbons (Fsp3) is 0.459. The normalized spacial score (nSPS) is 21.9. The van der Waals surface area contributed by atoms with Gasteiger partial charge in [-0.05, 0) is 37.2 Å². The lowest BCUT2D eigenvalue weighted by Gasteiger charge is -2.40. The molecule has 1 N–H and O–H groups in total. The maximum absolute atomic E-state index is 13.9. The summed E-state index contributed by atoms with van der Waals surface area (Å²) >= 11 is 0. The molecule has 6 rings (SSSR count). The van der Waals surface area contributed by atoms with E-state index in [0.717, 1.165) is 11.1 Å². The summed E-state index contributed by atoms with van der Waals surface area (Å²) in [6.45, 7) is 10.3. The lowest BCUT2D eigenvalue weighted by atomic mass is 10.0. The molecule has 1 aliphatic carbocycles. The van der Waals surface area contributed by atoms with Crippen LogP contribution in [0.25, 0.3) is 11.4 Å². The number of nitrogens with one attached hydrogen (secondary N) is 1. The first kappa shape index (κ1) is 33.9. The molecule has 49 heavy (non-hydrogen) atoms. The summed E-state index contributed by atoms with van der Waals surface area (Å²) in [5.41, 5.74) is 1.82. The fourth-order valence-corrected chi connectivity index (χ4v) is 6.89. The standard InChI is InChI=1S/C37H44N6O6/c1-5-48-36(46)31-27-20-42(21-28(27)31)30-18-29(38-33(39-30)26-14-10-7-11-15-26)34(44)40-32(23(2)3)35(45)41-16-17-43(24(4)19-41)37(47)49-22-25-12-8-6-9-13-25/h6-15,18,23-24,27-28,31-32H,5,16-17,19-22H2,1-4H3,(H,40,44)/t24-,27-,28+,31-,32+/m1/s1. The Bertz CT molecular complexity index is 1660. The Morgan fingerprint density at radius 3 is 2.20 bits per heavy atom. The van der Waals surface area contributed by atoms with Crippen LogP contribution in [0.4, 0.5) is 10.6 Å². The van der Waals surface area contributed by atoms with Crippen molar-refractivity contribution in [1.82, 2.24) is 25.1 Å². The summed E-state index contributed by atoms with van der Waals surface area (Å²) < 4.78 is 10.8. The minimum Gasteiger partial charge on any atom is -0.466 e. The Morgan fingerprint density at radius 1 is 0.898 bits per heavy atom. The van der Waals surface area contributed by atoms with Crippen LogP contribution < -0.4 is 10.2 Å². The van der Waals surface area contributed by atoms with Crippen LogP contribution in [0.2, 0.25) is 0 Å². The summed E-state index contributed by atoms with van der Waals surface area (Å²) in [6.07, 6.45) is -0.419. The zero-order valence-electron chi connectivity index (χ0n) is 28.5. The number of carbonyl (C=O) groups excluding carboxylic acids is 4. The molecule has 3 aromatic rings. The number of rotatable bonds is 10. The van der Waals surface area contributed by atoms with Crippen molar-refractivity contribution in [2.24, 2.45) is 23.7 Å². The number of aromatic nitrogens is 2. The molecule has 12 heteroatoms. The minimum absolute atomic E-state index is 0.0864. The Balaban J connectivity index is 1.13. The minimum atomic E-state index is -0.806. The predicted octanol–water partition coefficient (Wildman–Crippen LogP) is 4.01. The number of nitrogens with zero attached hydrogens (tertiary/aromatic N) is 5. The molecule has 0 unspecified atom stereocenters. The molecule has 258 valence electrons. The third-order valence-electron chi connectivity index (χ3n) is 9.65. The molecule has 2 aliphatic heterocycles. The van der Waals surface area contributed by atoms with Crippen molar-refractivity contribution in [3.8, 4) is 11.4 Å². The number of benzene rings is 2. The molecule has 3 aliphatic rings. The van der Waals surface area contributed by atoms with Crippen molar-refractivity contribution >= 4 is 29.7 Å². The SMILES string of the molecule is CCOC(=O)[C@@H]1[C@@H]2CN(c3cc(C(=O)N[C@H](C(=O)N4CCN(C(=O)OCc5ccccc5)[C@H](C)C4)C(C)C)nc(-c4ccccc4)n3)C[C@@H]21. The van der Waals surface area contributed by atoms with E-state index in [-0.39, 0.29) is 53.9 Å². The van der Waals surface area contributed by atoms with Crippen LogP contribution >= 0.6 is 0 Å². The smallest absolute Gasteiger partial charge is 0.410 e. The van der Waals surface area contributed by atoms with Gasteiger partial charge in [-0.15, -0.1) is 0 Å². The van der Waals surface area contributed by atoms with E-state index in [0.29, 0.717) is 51.0 Å². The highest BCUT2D eigenvalue weighted by Gasteiger charge is 2.60. The number of carbonyl (C=O) groups is 4. The maximum atomic E-state index is 13.9. The zero-order chi connectivity index (χ0) is 34.7. The lowest BCUT2D eigenvalue weighted by Crippen LogP contribution is -2.60. The number of piperazine rings is 1. The van der Waals surface area contributed by atoms with Gasteiger partial charge in [-0.25, -0.2) is 14.8 Å². The number of esters is 1. The van der Waals surface area contributed by atoms with Gasteiger partial charge < -0.3 is 29.5 Å². The van der Waals surface area contributed by atoms with E-state index in [1.165, 1.54) is 0 Å². The monoisotopic (exact) mass is 668 g/mol. The van der Waals surface area contributed by atoms with Crippen LogP contribution in [0.15, 0.2) is 66.7 Å². The molecule has 0 bridgehead atoms. The van der Waals surface area contributed by atoms with Crippen LogP contribution in [0.3, 0.4) is 0 Å². The van der Waals surface area contributed by atoms with Gasteiger partial charge in [0.15, 0.2) is 5.82 Å². The van der Waals surface area contributed by atoms with E-state index in [4.69, 9.17) is 14.5 Å². The zero-order valence-corrected chi connectivity index (χ0v) is 28.5. The fourth-order valence-electron chi connectivity index (χ4n) is 6.89. The van der Waals surface area contributed by atoms with Gasteiger partial charge >= 0.3 is 12.1 Å². The van der Waals surface area contributed by atoms with Crippen LogP contribution in [-0.2, 0) is 25.7 Å². The number of anilines is 1. The molecule has 1 saturated carbocycles. The van der Waals surface area contributed by atoms with Gasteiger partial charge in [-0.3, -0.25) is 14.4 Å². The first-order chi connectivity index (χ1) is 23.6. The van der Waals surface area contributed by atoms with Gasteiger partial charge in [0.05, 0.1) is 12.5 Å². The molecular weight excluding hydrogens is 624 g/mol. The van der Waals surface area contributed by atoms with Crippen molar-refractivity contribution in [2.75, 3.05) is 44.2 Å². The maximum Gasteiger partial charge on any atom is 0.410 e. The Morgan fingerprint density at radius 2 is 1.57 bits per heavy atom. The second kappa shape index (κ2) is 14.6. The number of hydrogen-bond donors (Lipinski definition) is 1. The Hall–Kier alpha value is -5.00. The van der Waals surface area contributed by atoms with E-state index in [9.17, 15) is 19.2 Å². The number of amides is 3. The van der Waals surface area contributed by atoms with Gasteiger partial charge in [-0.2, -0.15) is 0 Å². The quantitative estimate of drug-likeness (QED) is 0.318. The van der Waals surface area contributed by atoms with Crippen molar-refractivity contribution < 1.29 is 28.7 Å². The summed E-state index contributed by atoms with van der Waals surface area (Å²) in [5, 5.41) is 2.96. The second-order valence-corrected chi connectivity index (χ2v) is 13.4. The third-order valence-corrected chi connectivity index (χ3v) is 9.65. The molecule has 12 nitrogen and oxygen atoms in total. The number of piperidine rings is 1. The first-order valence-electron chi connectivity index (χ1n) is 17.1. The molecule has 1 aromatic heterocycles. The summed E-state index contributed by atoms with van der Waals surface area (Å²) in [5.74, 6) is 0.275. The Labute approximate surface area is 286 Å². The third kappa shape index (κ3) is 7.53. The lowest BCUT2D eigenvalue weighted by molar-refractivity contribution is -0.145. The van der Waals surface area contributed by atoms with Crippen LogP contribution in [0.5, 0.6) is 0 Å². The van der Waals surface area contributed by atoms with E-state index < -0.39 is 18.0 Å². The van der Waals surface area contributed by atoms with Gasteiger partial charge in [0.25, 0.3) is 5.91 Å². The summed E-state index contributed by atoms with van der Waals surface area (Å²) in [7, 11) is 0. The number of ether oxygens (including phenoxy) is 2. The average molecular weight is 669 g/mol. The average Bonchev–Trinajstić information content (AvgIpc) is 3.62. The summed E-state index contributed by atoms with van der Waals surface area (Å²) in [6, 6.07) is 19.5. The van der Waals surface area contributed by atoms with Crippen molar-refractivity contribution in [2.45, 2.75) is 46.4 Å². The van der Waals surface area contributed by atoms with Crippen molar-refractivity contribution in [1.29, 1.82) is 0 Å². The molecule has 3 heterocycles. The molecule has 2 aromatic carbocycles. The molecule has 3 amide bonds. The van der Waals surface area contributed by atoms with Crippen LogP contribution in [0.1, 0.15) is 43.7 Å². The molecule has 5 atom stereocenters. The van der Waals surface area contributed by atoms with Gasteiger partial charge in [0.1, 0.15) is 24.2 Å². The van der Waals surface area contributed by atoms with Crippen LogP contribution in [0, 0.1) is 23.7 Å². The van der Waals surface area contributed by atoms with E-state index in [2.05, 4.69) is 15.2 Å². The molecular formula is C37H44N6O6. The molecule has 2 saturated heterocycles. The van der Waals surface area contributed by atoms with Crippen molar-refractivity contribution in [3.63, 3.8) is 0 Å².